The number of aryl methyl sites for hydroxylation is 2. The third kappa shape index (κ3) is 3.66. The van der Waals surface area contributed by atoms with E-state index in [1.807, 2.05) is 63.6 Å². The lowest BCUT2D eigenvalue weighted by Gasteiger charge is -2.14. The number of fused-ring (bicyclic) bond motifs is 2. The summed E-state index contributed by atoms with van der Waals surface area (Å²) in [5, 5.41) is 12.0. The summed E-state index contributed by atoms with van der Waals surface area (Å²) in [7, 11) is 7.58. The molecule has 1 atom stereocenters. The van der Waals surface area contributed by atoms with Crippen molar-refractivity contribution >= 4 is 34.0 Å². The molecule has 5 aromatic rings. The summed E-state index contributed by atoms with van der Waals surface area (Å²) in [5.41, 5.74) is 6.49. The highest BCUT2D eigenvalue weighted by Gasteiger charge is 2.23. The molecular formula is C26H26N10O. The number of aromatic amines is 1. The van der Waals surface area contributed by atoms with Gasteiger partial charge in [-0.05, 0) is 25.1 Å². The summed E-state index contributed by atoms with van der Waals surface area (Å²) in [6, 6.07) is 5.75. The van der Waals surface area contributed by atoms with Gasteiger partial charge in [0, 0.05) is 57.5 Å². The Morgan fingerprint density at radius 1 is 1.08 bits per heavy atom. The zero-order valence-electron chi connectivity index (χ0n) is 21.2. The summed E-state index contributed by atoms with van der Waals surface area (Å²) in [6.07, 6.45) is 8.85. The van der Waals surface area contributed by atoms with E-state index in [1.165, 1.54) is 0 Å². The summed E-state index contributed by atoms with van der Waals surface area (Å²) in [6.45, 7) is 1.95. The lowest BCUT2D eigenvalue weighted by atomic mass is 10.1. The number of aliphatic imine (C=N–C) groups is 1. The van der Waals surface area contributed by atoms with Crippen LogP contribution in [0.2, 0.25) is 0 Å². The number of ether oxygens (including phenoxy) is 1. The van der Waals surface area contributed by atoms with Crippen LogP contribution in [0.25, 0.3) is 44.6 Å². The van der Waals surface area contributed by atoms with Crippen molar-refractivity contribution < 1.29 is 4.74 Å². The molecule has 0 bridgehead atoms. The summed E-state index contributed by atoms with van der Waals surface area (Å²) in [4.78, 5) is 25.3. The fourth-order valence-corrected chi connectivity index (χ4v) is 4.67. The van der Waals surface area contributed by atoms with Gasteiger partial charge in [0.15, 0.2) is 5.82 Å². The van der Waals surface area contributed by atoms with Crippen molar-refractivity contribution in [2.75, 3.05) is 26.1 Å². The molecule has 37 heavy (non-hydrogen) atoms. The van der Waals surface area contributed by atoms with E-state index in [4.69, 9.17) is 19.7 Å². The highest BCUT2D eigenvalue weighted by atomic mass is 16.5. The van der Waals surface area contributed by atoms with Crippen molar-refractivity contribution in [3.8, 4) is 28.4 Å². The van der Waals surface area contributed by atoms with Crippen LogP contribution < -0.4 is 15.0 Å². The quantitative estimate of drug-likeness (QED) is 0.380. The van der Waals surface area contributed by atoms with Crippen LogP contribution in [0.3, 0.4) is 0 Å². The van der Waals surface area contributed by atoms with E-state index in [2.05, 4.69) is 30.1 Å². The highest BCUT2D eigenvalue weighted by molar-refractivity contribution is 5.98. The number of nitrogens with zero attached hydrogens (tertiary/aromatic N) is 8. The van der Waals surface area contributed by atoms with Gasteiger partial charge in [-0.25, -0.2) is 9.97 Å². The SMILES string of the molecule is COc1ccncc1-c1cc2c(-c3cc4c(nc(C5C=NC=CN5)n4C)c(N(C)C)n3)[nH]nc2c(C)n1. The number of pyridine rings is 3. The second kappa shape index (κ2) is 8.70. The zero-order chi connectivity index (χ0) is 25.7. The van der Waals surface area contributed by atoms with Crippen LogP contribution in [-0.4, -0.2) is 62.1 Å². The topological polar surface area (TPSA) is 122 Å². The van der Waals surface area contributed by atoms with Crippen LogP contribution in [0.5, 0.6) is 5.75 Å². The average molecular weight is 495 g/mol. The minimum absolute atomic E-state index is 0.125. The van der Waals surface area contributed by atoms with Crippen LogP contribution in [0, 0.1) is 6.92 Å². The Morgan fingerprint density at radius 2 is 1.95 bits per heavy atom. The molecule has 186 valence electrons. The second-order valence-electron chi connectivity index (χ2n) is 9.04. The molecule has 0 saturated carbocycles. The van der Waals surface area contributed by atoms with Crippen molar-refractivity contribution in [3.05, 3.63) is 54.5 Å². The molecule has 0 aliphatic carbocycles. The molecule has 6 heterocycles. The number of imidazole rings is 1. The first-order chi connectivity index (χ1) is 18.0. The third-order valence-electron chi connectivity index (χ3n) is 6.51. The Balaban J connectivity index is 1.56. The molecule has 0 radical (unpaired) electrons. The van der Waals surface area contributed by atoms with E-state index in [0.717, 1.165) is 61.9 Å². The fourth-order valence-electron chi connectivity index (χ4n) is 4.67. The van der Waals surface area contributed by atoms with E-state index in [0.29, 0.717) is 5.75 Å². The standard InChI is InChI=1S/C26H26N10O/c1-14-22-15(10-17(30-14)16-12-27-7-6-21(16)37-5)23(34-33-22)18-11-20-24(26(31-18)35(2)3)32-25(36(20)4)19-13-28-8-9-29-19/h6-13,19,29H,1-5H3,(H,33,34). The third-order valence-corrected chi connectivity index (χ3v) is 6.51. The number of rotatable bonds is 5. The van der Waals surface area contributed by atoms with Crippen molar-refractivity contribution in [2.24, 2.45) is 12.0 Å². The Bertz CT molecular complexity index is 1710. The molecule has 1 aliphatic heterocycles. The summed E-state index contributed by atoms with van der Waals surface area (Å²) in [5.74, 6) is 2.32. The number of nitrogens with one attached hydrogen (secondary N) is 2. The van der Waals surface area contributed by atoms with Crippen LogP contribution in [0.15, 0.2) is 48.0 Å². The average Bonchev–Trinajstić information content (AvgIpc) is 3.50. The van der Waals surface area contributed by atoms with Crippen LogP contribution >= 0.6 is 0 Å². The second-order valence-corrected chi connectivity index (χ2v) is 9.04. The minimum atomic E-state index is -0.125. The Morgan fingerprint density at radius 3 is 2.70 bits per heavy atom. The molecule has 1 aliphatic rings. The van der Waals surface area contributed by atoms with Crippen molar-refractivity contribution in [1.82, 2.24) is 40.0 Å². The van der Waals surface area contributed by atoms with Gasteiger partial charge in [0.25, 0.3) is 0 Å². The van der Waals surface area contributed by atoms with Crippen molar-refractivity contribution in [2.45, 2.75) is 13.0 Å². The summed E-state index contributed by atoms with van der Waals surface area (Å²) >= 11 is 0. The van der Waals surface area contributed by atoms with E-state index >= 15 is 0 Å². The first kappa shape index (κ1) is 22.7. The fraction of sp³-hybridized carbons (Fsp3) is 0.231. The lowest BCUT2D eigenvalue weighted by molar-refractivity contribution is 0.416. The van der Waals surface area contributed by atoms with Gasteiger partial charge in [-0.15, -0.1) is 0 Å². The molecule has 6 rings (SSSR count). The van der Waals surface area contributed by atoms with Gasteiger partial charge in [0.1, 0.15) is 28.6 Å². The zero-order valence-corrected chi connectivity index (χ0v) is 21.2. The van der Waals surface area contributed by atoms with E-state index in [1.54, 1.807) is 25.7 Å². The highest BCUT2D eigenvalue weighted by Crippen LogP contribution is 2.36. The maximum absolute atomic E-state index is 5.55. The number of anilines is 1. The van der Waals surface area contributed by atoms with Crippen LogP contribution in [0.1, 0.15) is 17.6 Å². The van der Waals surface area contributed by atoms with Gasteiger partial charge >= 0.3 is 0 Å². The molecule has 11 nitrogen and oxygen atoms in total. The van der Waals surface area contributed by atoms with Crippen molar-refractivity contribution in [1.29, 1.82) is 0 Å². The largest absolute Gasteiger partial charge is 0.496 e. The molecule has 0 amide bonds. The Kier molecular flexibility index (Phi) is 5.32. The number of aromatic nitrogens is 7. The number of methoxy groups -OCH3 is 1. The van der Waals surface area contributed by atoms with Crippen LogP contribution in [0.4, 0.5) is 5.82 Å². The number of hydrogen-bond acceptors (Lipinski definition) is 9. The maximum atomic E-state index is 5.55. The van der Waals surface area contributed by atoms with Crippen LogP contribution in [-0.2, 0) is 7.05 Å². The van der Waals surface area contributed by atoms with E-state index in [9.17, 15) is 0 Å². The van der Waals surface area contributed by atoms with Gasteiger partial charge in [-0.1, -0.05) is 0 Å². The van der Waals surface area contributed by atoms with Gasteiger partial charge in [0.05, 0.1) is 41.0 Å². The van der Waals surface area contributed by atoms with Gasteiger partial charge in [0.2, 0.25) is 0 Å². The number of hydrogen-bond donors (Lipinski definition) is 2. The smallest absolute Gasteiger partial charge is 0.157 e. The van der Waals surface area contributed by atoms with Gasteiger partial charge in [-0.2, -0.15) is 5.10 Å². The molecule has 11 heteroatoms. The lowest BCUT2D eigenvalue weighted by Crippen LogP contribution is -2.22. The van der Waals surface area contributed by atoms with E-state index in [-0.39, 0.29) is 6.04 Å². The molecule has 0 fully saturated rings. The molecule has 2 N–H and O–H groups in total. The van der Waals surface area contributed by atoms with Gasteiger partial charge in [-0.3, -0.25) is 20.1 Å². The van der Waals surface area contributed by atoms with Gasteiger partial charge < -0.3 is 19.5 Å². The molecule has 0 saturated heterocycles. The Hall–Kier alpha value is -4.80. The monoisotopic (exact) mass is 494 g/mol. The predicted molar refractivity (Wildman–Crippen MR) is 144 cm³/mol. The maximum Gasteiger partial charge on any atom is 0.157 e. The van der Waals surface area contributed by atoms with Crippen molar-refractivity contribution in [3.63, 3.8) is 0 Å². The summed E-state index contributed by atoms with van der Waals surface area (Å²) < 4.78 is 7.63. The molecule has 1 unspecified atom stereocenters. The van der Waals surface area contributed by atoms with E-state index < -0.39 is 0 Å². The Labute approximate surface area is 213 Å². The minimum Gasteiger partial charge on any atom is -0.496 e. The first-order valence-electron chi connectivity index (χ1n) is 11.8. The molecule has 0 aromatic carbocycles. The number of H-pyrrole nitrogens is 1. The molecule has 0 spiro atoms. The normalized spacial score (nSPS) is 14.9. The first-order valence-corrected chi connectivity index (χ1v) is 11.8. The predicted octanol–water partition coefficient (Wildman–Crippen LogP) is 3.54. The molecule has 5 aromatic heterocycles. The molecular weight excluding hydrogens is 468 g/mol.